The SMILES string of the molecule is CCS(=N)(=O)CS(=O)(=O)CCOC(O)O. The van der Waals surface area contributed by atoms with Crippen LogP contribution in [-0.2, 0) is 24.3 Å². The van der Waals surface area contributed by atoms with Gasteiger partial charge in [0.05, 0.1) is 22.1 Å². The minimum absolute atomic E-state index is 0.0320. The summed E-state index contributed by atoms with van der Waals surface area (Å²) >= 11 is 0. The molecule has 7 nitrogen and oxygen atoms in total. The van der Waals surface area contributed by atoms with Crippen LogP contribution in [0.5, 0.6) is 0 Å². The number of rotatable bonds is 7. The molecule has 0 saturated carbocycles. The Labute approximate surface area is 89.0 Å². The Morgan fingerprint density at radius 1 is 1.33 bits per heavy atom. The number of aliphatic hydroxyl groups is 2. The van der Waals surface area contributed by atoms with Gasteiger partial charge in [-0.2, -0.15) is 0 Å². The third-order valence-electron chi connectivity index (χ3n) is 1.50. The maximum atomic E-state index is 11.2. The van der Waals surface area contributed by atoms with Gasteiger partial charge in [0, 0.05) is 5.75 Å². The summed E-state index contributed by atoms with van der Waals surface area (Å²) in [5.41, 5.74) is 0. The number of nitrogens with one attached hydrogen (secondary N) is 1. The van der Waals surface area contributed by atoms with Crippen LogP contribution in [0.2, 0.25) is 0 Å². The number of hydrogen-bond acceptors (Lipinski definition) is 7. The lowest BCUT2D eigenvalue weighted by Crippen LogP contribution is -2.24. The van der Waals surface area contributed by atoms with Crippen molar-refractivity contribution in [2.75, 3.05) is 23.2 Å². The van der Waals surface area contributed by atoms with Gasteiger partial charge < -0.3 is 14.9 Å². The summed E-state index contributed by atoms with van der Waals surface area (Å²) in [6.45, 7) is -0.954. The molecule has 0 saturated heterocycles. The van der Waals surface area contributed by atoms with Crippen LogP contribution in [0.25, 0.3) is 0 Å². The normalized spacial score (nSPS) is 16.5. The van der Waals surface area contributed by atoms with Crippen LogP contribution in [0.3, 0.4) is 0 Å². The zero-order valence-electron chi connectivity index (χ0n) is 8.25. The van der Waals surface area contributed by atoms with Crippen LogP contribution in [0.4, 0.5) is 0 Å². The molecule has 1 unspecified atom stereocenters. The fraction of sp³-hybridized carbons (Fsp3) is 1.00. The first kappa shape index (κ1) is 14.8. The van der Waals surface area contributed by atoms with E-state index in [0.717, 1.165) is 0 Å². The van der Waals surface area contributed by atoms with Crippen molar-refractivity contribution < 1.29 is 27.6 Å². The van der Waals surface area contributed by atoms with Crippen molar-refractivity contribution in [3.63, 3.8) is 0 Å². The van der Waals surface area contributed by atoms with E-state index in [1.807, 2.05) is 0 Å². The molecule has 0 fully saturated rings. The van der Waals surface area contributed by atoms with E-state index in [0.29, 0.717) is 0 Å². The molecule has 0 aliphatic heterocycles. The van der Waals surface area contributed by atoms with Crippen molar-refractivity contribution in [2.24, 2.45) is 0 Å². The second kappa shape index (κ2) is 5.75. The van der Waals surface area contributed by atoms with E-state index in [-0.39, 0.29) is 5.75 Å². The second-order valence-electron chi connectivity index (χ2n) is 2.86. The molecule has 0 amide bonds. The van der Waals surface area contributed by atoms with Crippen molar-refractivity contribution >= 4 is 19.6 Å². The predicted octanol–water partition coefficient (Wildman–Crippen LogP) is -1.29. The zero-order chi connectivity index (χ0) is 12.1. The van der Waals surface area contributed by atoms with E-state index >= 15 is 0 Å². The lowest BCUT2D eigenvalue weighted by atomic mass is 10.9. The first-order valence-electron chi connectivity index (χ1n) is 4.11. The third kappa shape index (κ3) is 7.68. The molecule has 9 heteroatoms. The monoisotopic (exact) mass is 261 g/mol. The Kier molecular flexibility index (Phi) is 5.67. The summed E-state index contributed by atoms with van der Waals surface area (Å²) in [4.78, 5) is 0. The fourth-order valence-electron chi connectivity index (χ4n) is 0.713. The largest absolute Gasteiger partial charge is 0.346 e. The quantitative estimate of drug-likeness (QED) is 0.490. The highest BCUT2D eigenvalue weighted by molar-refractivity contribution is 8.08. The smallest absolute Gasteiger partial charge is 0.266 e. The highest BCUT2D eigenvalue weighted by atomic mass is 32.3. The average molecular weight is 261 g/mol. The van der Waals surface area contributed by atoms with Gasteiger partial charge in [-0.15, -0.1) is 0 Å². The number of aliphatic hydroxyl groups excluding tert-OH is 1. The zero-order valence-corrected chi connectivity index (χ0v) is 9.88. The molecule has 0 rings (SSSR count). The molecule has 92 valence electrons. The Morgan fingerprint density at radius 2 is 1.87 bits per heavy atom. The van der Waals surface area contributed by atoms with Crippen molar-refractivity contribution in [1.82, 2.24) is 0 Å². The van der Waals surface area contributed by atoms with Gasteiger partial charge in [0.15, 0.2) is 9.84 Å². The predicted molar refractivity (Wildman–Crippen MR) is 54.2 cm³/mol. The first-order valence-corrected chi connectivity index (χ1v) is 7.82. The van der Waals surface area contributed by atoms with E-state index in [4.69, 9.17) is 15.0 Å². The summed E-state index contributed by atoms with van der Waals surface area (Å²) in [5.74, 6) is -0.518. The standard InChI is InChI=1S/C6H15NO6S2/c1-2-14(7,10)5-15(11,12)4-3-13-6(8)9/h6-9H,2-5H2,1H3. The third-order valence-corrected chi connectivity index (χ3v) is 6.18. The Balaban J connectivity index is 4.22. The van der Waals surface area contributed by atoms with Gasteiger partial charge in [0.25, 0.3) is 6.48 Å². The Hall–Kier alpha value is -0.220. The van der Waals surface area contributed by atoms with Gasteiger partial charge in [-0.25, -0.2) is 12.6 Å². The molecule has 0 bridgehead atoms. The van der Waals surface area contributed by atoms with Crippen LogP contribution < -0.4 is 0 Å². The molecule has 0 heterocycles. The molecular formula is C6H15NO6S2. The Bertz CT molecular complexity index is 370. The van der Waals surface area contributed by atoms with Crippen LogP contribution in [-0.4, -0.2) is 52.5 Å². The average Bonchev–Trinajstić information content (AvgIpc) is 2.01. The van der Waals surface area contributed by atoms with Crippen molar-refractivity contribution in [2.45, 2.75) is 13.4 Å². The van der Waals surface area contributed by atoms with Crippen LogP contribution in [0.1, 0.15) is 6.92 Å². The van der Waals surface area contributed by atoms with Crippen LogP contribution in [0, 0.1) is 4.78 Å². The van der Waals surface area contributed by atoms with Crippen LogP contribution >= 0.6 is 0 Å². The number of ether oxygens (including phenoxy) is 1. The number of sulfone groups is 1. The van der Waals surface area contributed by atoms with E-state index in [1.54, 1.807) is 0 Å². The second-order valence-corrected chi connectivity index (χ2v) is 7.90. The summed E-state index contributed by atoms with van der Waals surface area (Å²) < 4.78 is 45.1. The molecular weight excluding hydrogens is 246 g/mol. The van der Waals surface area contributed by atoms with Gasteiger partial charge in [-0.1, -0.05) is 6.92 Å². The lowest BCUT2D eigenvalue weighted by Gasteiger charge is -2.07. The maximum Gasteiger partial charge on any atom is 0.266 e. The van der Waals surface area contributed by atoms with E-state index in [9.17, 15) is 12.6 Å². The van der Waals surface area contributed by atoms with Crippen molar-refractivity contribution in [3.8, 4) is 0 Å². The molecule has 0 aromatic carbocycles. The summed E-state index contributed by atoms with van der Waals surface area (Å²) in [6, 6.07) is 0. The van der Waals surface area contributed by atoms with E-state index in [2.05, 4.69) is 4.74 Å². The van der Waals surface area contributed by atoms with E-state index in [1.165, 1.54) is 6.92 Å². The van der Waals surface area contributed by atoms with Gasteiger partial charge in [-0.3, -0.25) is 4.78 Å². The molecule has 0 aromatic rings. The summed E-state index contributed by atoms with van der Waals surface area (Å²) in [7, 11) is -6.75. The molecule has 1 atom stereocenters. The first-order chi connectivity index (χ1) is 6.68. The Morgan fingerprint density at radius 3 is 2.27 bits per heavy atom. The van der Waals surface area contributed by atoms with Crippen LogP contribution in [0.15, 0.2) is 0 Å². The number of hydrogen-bond donors (Lipinski definition) is 3. The maximum absolute atomic E-state index is 11.2. The molecule has 0 aliphatic rings. The van der Waals surface area contributed by atoms with Gasteiger partial charge in [-0.05, 0) is 0 Å². The minimum Gasteiger partial charge on any atom is -0.346 e. The van der Waals surface area contributed by atoms with Gasteiger partial charge in [0.2, 0.25) is 0 Å². The van der Waals surface area contributed by atoms with Gasteiger partial charge >= 0.3 is 0 Å². The summed E-state index contributed by atoms with van der Waals surface area (Å²) in [6.07, 6.45) is 0. The topological polar surface area (TPSA) is 125 Å². The minimum atomic E-state index is -3.66. The summed E-state index contributed by atoms with van der Waals surface area (Å²) in [5, 5.41) is 15.8. The lowest BCUT2D eigenvalue weighted by molar-refractivity contribution is -0.230. The molecule has 0 aliphatic carbocycles. The molecule has 0 radical (unpaired) electrons. The fourth-order valence-corrected chi connectivity index (χ4v) is 4.52. The molecule has 0 spiro atoms. The van der Waals surface area contributed by atoms with Crippen molar-refractivity contribution in [1.29, 1.82) is 4.78 Å². The molecule has 15 heavy (non-hydrogen) atoms. The molecule has 0 aromatic heterocycles. The highest BCUT2D eigenvalue weighted by Gasteiger charge is 2.18. The highest BCUT2D eigenvalue weighted by Crippen LogP contribution is 2.00. The molecule has 3 N–H and O–H groups in total. The van der Waals surface area contributed by atoms with Crippen molar-refractivity contribution in [3.05, 3.63) is 0 Å². The van der Waals surface area contributed by atoms with Gasteiger partial charge in [0.1, 0.15) is 5.08 Å². The van der Waals surface area contributed by atoms with E-state index < -0.39 is 43.5 Å².